The van der Waals surface area contributed by atoms with E-state index in [1.165, 1.54) is 11.3 Å². The molecule has 0 spiro atoms. The number of halogens is 1. The highest BCUT2D eigenvalue weighted by molar-refractivity contribution is 7.80. The Hall–Kier alpha value is -2.74. The number of benzene rings is 2. The van der Waals surface area contributed by atoms with E-state index in [0.29, 0.717) is 32.6 Å². The van der Waals surface area contributed by atoms with Crippen LogP contribution >= 0.6 is 35.2 Å². The topological polar surface area (TPSA) is 67.2 Å². The minimum absolute atomic E-state index is 0.195. The molecule has 2 heterocycles. The molecule has 2 N–H and O–H groups in total. The molecule has 29 heavy (non-hydrogen) atoms. The maximum absolute atomic E-state index is 12.1. The zero-order valence-electron chi connectivity index (χ0n) is 15.6. The van der Waals surface area contributed by atoms with Crippen LogP contribution in [0.25, 0.3) is 22.6 Å². The molecule has 2 aromatic heterocycles. The maximum Gasteiger partial charge on any atom is 0.267 e. The van der Waals surface area contributed by atoms with Gasteiger partial charge in [0.25, 0.3) is 5.91 Å². The van der Waals surface area contributed by atoms with E-state index < -0.39 is 0 Å². The van der Waals surface area contributed by atoms with Crippen LogP contribution in [0.3, 0.4) is 0 Å². The van der Waals surface area contributed by atoms with Crippen LogP contribution in [0.2, 0.25) is 5.02 Å². The van der Waals surface area contributed by atoms with Crippen molar-refractivity contribution < 1.29 is 9.21 Å². The predicted molar refractivity (Wildman–Crippen MR) is 122 cm³/mol. The molecule has 0 aliphatic rings. The molecule has 0 bridgehead atoms. The third-order valence-electron chi connectivity index (χ3n) is 4.43. The van der Waals surface area contributed by atoms with Gasteiger partial charge in [0.15, 0.2) is 10.7 Å². The smallest absolute Gasteiger partial charge is 0.267 e. The molecule has 8 heteroatoms. The molecule has 0 saturated carbocycles. The largest absolute Gasteiger partial charge is 0.436 e. The van der Waals surface area contributed by atoms with Gasteiger partial charge in [0.2, 0.25) is 5.89 Å². The Kier molecular flexibility index (Phi) is 5.36. The number of hydrogen-bond donors (Lipinski definition) is 2. The molecule has 1 amide bonds. The summed E-state index contributed by atoms with van der Waals surface area (Å²) >= 11 is 13.0. The van der Waals surface area contributed by atoms with Gasteiger partial charge >= 0.3 is 0 Å². The number of hydrogen-bond acceptors (Lipinski definition) is 5. The normalized spacial score (nSPS) is 10.9. The number of anilines is 1. The molecule has 0 aliphatic heterocycles. The van der Waals surface area contributed by atoms with E-state index in [1.54, 1.807) is 24.3 Å². The second-order valence-electron chi connectivity index (χ2n) is 6.50. The van der Waals surface area contributed by atoms with Gasteiger partial charge < -0.3 is 9.73 Å². The van der Waals surface area contributed by atoms with Gasteiger partial charge in [-0.15, -0.1) is 11.3 Å². The summed E-state index contributed by atoms with van der Waals surface area (Å²) in [6.45, 7) is 4.06. The number of oxazole rings is 1. The predicted octanol–water partition coefficient (Wildman–Crippen LogP) is 5.95. The molecule has 146 valence electrons. The summed E-state index contributed by atoms with van der Waals surface area (Å²) in [5.74, 6) is 0.170. The van der Waals surface area contributed by atoms with Crippen molar-refractivity contribution in [1.29, 1.82) is 0 Å². The van der Waals surface area contributed by atoms with E-state index in [-0.39, 0.29) is 11.0 Å². The van der Waals surface area contributed by atoms with Crippen molar-refractivity contribution in [3.05, 3.63) is 68.9 Å². The maximum atomic E-state index is 12.1. The Morgan fingerprint density at radius 2 is 1.97 bits per heavy atom. The molecule has 2 aromatic carbocycles. The van der Waals surface area contributed by atoms with E-state index in [0.717, 1.165) is 16.6 Å². The summed E-state index contributed by atoms with van der Waals surface area (Å²) in [5, 5.41) is 8.19. The first kappa shape index (κ1) is 19.6. The first-order chi connectivity index (χ1) is 13.9. The molecular formula is C21H16ClN3O2S2. The molecule has 0 atom stereocenters. The molecule has 4 aromatic rings. The van der Waals surface area contributed by atoms with Crippen LogP contribution in [0.15, 0.2) is 52.3 Å². The minimum atomic E-state index is -0.253. The molecule has 0 saturated heterocycles. The van der Waals surface area contributed by atoms with E-state index in [9.17, 15) is 4.79 Å². The second-order valence-corrected chi connectivity index (χ2v) is 8.27. The summed E-state index contributed by atoms with van der Waals surface area (Å²) in [5.41, 5.74) is 5.05. The number of thiocarbonyl (C=S) groups is 1. The third-order valence-corrected chi connectivity index (χ3v) is 5.83. The van der Waals surface area contributed by atoms with Gasteiger partial charge in [0.05, 0.1) is 15.5 Å². The van der Waals surface area contributed by atoms with Crippen LogP contribution in [0.1, 0.15) is 20.8 Å². The molecule has 0 aliphatic carbocycles. The molecular weight excluding hydrogens is 426 g/mol. The van der Waals surface area contributed by atoms with Crippen molar-refractivity contribution in [1.82, 2.24) is 10.3 Å². The van der Waals surface area contributed by atoms with Crippen molar-refractivity contribution in [2.45, 2.75) is 13.8 Å². The monoisotopic (exact) mass is 441 g/mol. The minimum Gasteiger partial charge on any atom is -0.436 e. The summed E-state index contributed by atoms with van der Waals surface area (Å²) < 4.78 is 5.92. The van der Waals surface area contributed by atoms with Gasteiger partial charge in [-0.3, -0.25) is 10.1 Å². The number of thiophene rings is 1. The Labute approximate surface area is 181 Å². The van der Waals surface area contributed by atoms with Crippen molar-refractivity contribution in [2.24, 2.45) is 0 Å². The van der Waals surface area contributed by atoms with Gasteiger partial charge in [-0.2, -0.15) is 0 Å². The number of carbonyl (C=O) groups excluding carboxylic acids is 1. The highest BCUT2D eigenvalue weighted by Crippen LogP contribution is 2.33. The average molecular weight is 442 g/mol. The molecule has 0 unspecified atom stereocenters. The summed E-state index contributed by atoms with van der Waals surface area (Å²) in [7, 11) is 0. The van der Waals surface area contributed by atoms with Gasteiger partial charge in [0.1, 0.15) is 5.52 Å². The SMILES string of the molecule is Cc1cc2nc(-c3cc(NC(=S)NC(=O)c4cccs4)ccc3Cl)oc2cc1C. The number of aryl methyl sites for hydroxylation is 2. The van der Waals surface area contributed by atoms with Gasteiger partial charge in [-0.25, -0.2) is 4.98 Å². The summed E-state index contributed by atoms with van der Waals surface area (Å²) in [6.07, 6.45) is 0. The lowest BCUT2D eigenvalue weighted by atomic mass is 10.1. The van der Waals surface area contributed by atoms with Crippen molar-refractivity contribution in [3.63, 3.8) is 0 Å². The highest BCUT2D eigenvalue weighted by atomic mass is 35.5. The van der Waals surface area contributed by atoms with Crippen LogP contribution < -0.4 is 10.6 Å². The van der Waals surface area contributed by atoms with Gasteiger partial charge in [-0.05, 0) is 79.0 Å². The Bertz CT molecular complexity index is 1190. The third kappa shape index (κ3) is 4.17. The van der Waals surface area contributed by atoms with Crippen LogP contribution in [-0.4, -0.2) is 16.0 Å². The molecule has 4 rings (SSSR count). The fourth-order valence-corrected chi connectivity index (χ4v) is 3.82. The van der Waals surface area contributed by atoms with E-state index in [4.69, 9.17) is 28.2 Å². The zero-order valence-corrected chi connectivity index (χ0v) is 18.0. The van der Waals surface area contributed by atoms with Crippen molar-refractivity contribution in [2.75, 3.05) is 5.32 Å². The Morgan fingerprint density at radius 3 is 2.72 bits per heavy atom. The van der Waals surface area contributed by atoms with E-state index in [2.05, 4.69) is 15.6 Å². The first-order valence-electron chi connectivity index (χ1n) is 8.74. The lowest BCUT2D eigenvalue weighted by molar-refractivity contribution is 0.0981. The number of carbonyl (C=O) groups is 1. The van der Waals surface area contributed by atoms with Crippen molar-refractivity contribution in [3.8, 4) is 11.5 Å². The number of nitrogens with zero attached hydrogens (tertiary/aromatic N) is 1. The van der Waals surface area contributed by atoms with Crippen LogP contribution in [-0.2, 0) is 0 Å². The van der Waals surface area contributed by atoms with Crippen LogP contribution in [0, 0.1) is 13.8 Å². The van der Waals surface area contributed by atoms with Crippen LogP contribution in [0.4, 0.5) is 5.69 Å². The highest BCUT2D eigenvalue weighted by Gasteiger charge is 2.15. The number of rotatable bonds is 3. The van der Waals surface area contributed by atoms with Gasteiger partial charge in [0, 0.05) is 5.69 Å². The lowest BCUT2D eigenvalue weighted by Gasteiger charge is -2.10. The van der Waals surface area contributed by atoms with Crippen LogP contribution in [0.5, 0.6) is 0 Å². The quantitative estimate of drug-likeness (QED) is 0.384. The fourth-order valence-electron chi connectivity index (χ4n) is 2.80. The molecule has 5 nitrogen and oxygen atoms in total. The van der Waals surface area contributed by atoms with Crippen molar-refractivity contribution >= 4 is 63.0 Å². The van der Waals surface area contributed by atoms with E-state index >= 15 is 0 Å². The number of nitrogens with one attached hydrogen (secondary N) is 2. The Morgan fingerprint density at radius 1 is 1.17 bits per heavy atom. The number of aromatic nitrogens is 1. The molecule has 0 radical (unpaired) electrons. The average Bonchev–Trinajstić information content (AvgIpc) is 3.33. The zero-order chi connectivity index (χ0) is 20.5. The standard InChI is InChI=1S/C21H16ClN3O2S2/c1-11-8-16-17(9-12(11)2)27-20(24-16)14-10-13(5-6-15(14)22)23-21(28)25-19(26)18-4-3-7-29-18/h3-10H,1-2H3,(H2,23,25,26,28). The lowest BCUT2D eigenvalue weighted by Crippen LogP contribution is -2.33. The fraction of sp³-hybridized carbons (Fsp3) is 0.0952. The number of fused-ring (bicyclic) bond motifs is 1. The molecule has 0 fully saturated rings. The Balaban J connectivity index is 1.58. The summed E-state index contributed by atoms with van der Waals surface area (Å²) in [6, 6.07) is 12.8. The van der Waals surface area contributed by atoms with E-state index in [1.807, 2.05) is 37.4 Å². The van der Waals surface area contributed by atoms with Gasteiger partial charge in [-0.1, -0.05) is 17.7 Å². The number of amides is 1. The second kappa shape index (κ2) is 7.94. The summed E-state index contributed by atoms with van der Waals surface area (Å²) in [4.78, 5) is 17.3. The first-order valence-corrected chi connectivity index (χ1v) is 10.4.